The Balaban J connectivity index is 2.44. The Morgan fingerprint density at radius 2 is 2.00 bits per heavy atom. The van der Waals surface area contributed by atoms with E-state index in [1.165, 1.54) is 11.3 Å². The van der Waals surface area contributed by atoms with Gasteiger partial charge in [0.2, 0.25) is 0 Å². The molecule has 0 saturated carbocycles. The first-order chi connectivity index (χ1) is 8.90. The monoisotopic (exact) mass is 356 g/mol. The number of thiophene rings is 1. The fraction of sp³-hybridized carbons (Fsp3) is 0.267. The Hall–Kier alpha value is -0.640. The summed E-state index contributed by atoms with van der Waals surface area (Å²) in [6, 6.07) is 7.81. The average molecular weight is 358 g/mol. The van der Waals surface area contributed by atoms with E-state index in [1.807, 2.05) is 45.0 Å². The third-order valence-electron chi connectivity index (χ3n) is 2.89. The number of Topliss-reactive ketones (excluding diaryl/α,β-unsaturated/α-hetero) is 1. The van der Waals surface area contributed by atoms with E-state index in [2.05, 4.69) is 15.9 Å². The Labute approximate surface area is 130 Å². The highest BCUT2D eigenvalue weighted by molar-refractivity contribution is 9.10. The predicted octanol–water partition coefficient (Wildman–Crippen LogP) is 5.98. The molecule has 1 aromatic carbocycles. The Bertz CT molecular complexity index is 631. The number of rotatable bonds is 3. The molecule has 1 nitrogen and oxygen atoms in total. The quantitative estimate of drug-likeness (QED) is 0.618. The second-order valence-corrected chi connectivity index (χ2v) is 7.11. The molecule has 2 rings (SSSR count). The van der Waals surface area contributed by atoms with Crippen LogP contribution in [0.15, 0.2) is 28.7 Å². The Morgan fingerprint density at radius 3 is 2.63 bits per heavy atom. The summed E-state index contributed by atoms with van der Waals surface area (Å²) in [5.41, 5.74) is 2.07. The molecule has 0 aliphatic carbocycles. The lowest BCUT2D eigenvalue weighted by molar-refractivity contribution is 0.0943. The summed E-state index contributed by atoms with van der Waals surface area (Å²) < 4.78 is 1.000. The summed E-state index contributed by atoms with van der Waals surface area (Å²) in [6.45, 7) is 5.81. The van der Waals surface area contributed by atoms with E-state index in [0.717, 1.165) is 30.4 Å². The highest BCUT2D eigenvalue weighted by Crippen LogP contribution is 2.37. The summed E-state index contributed by atoms with van der Waals surface area (Å²) in [5.74, 6) is 0.210. The summed E-state index contributed by atoms with van der Waals surface area (Å²) in [6.07, 6.45) is 0. The standard InChI is InChI=1S/C15H14BrClOS/c1-8(2)15(18)14-5-4-13(19-14)10-7-12(17)9(3)6-11(10)16/h4-8H,1-3H3. The maximum atomic E-state index is 12.0. The summed E-state index contributed by atoms with van der Waals surface area (Å²) in [5, 5.41) is 0.739. The van der Waals surface area contributed by atoms with Crippen molar-refractivity contribution in [1.82, 2.24) is 0 Å². The first-order valence-corrected chi connectivity index (χ1v) is 7.99. The summed E-state index contributed by atoms with van der Waals surface area (Å²) in [7, 11) is 0. The number of carbonyl (C=O) groups excluding carboxylic acids is 1. The van der Waals surface area contributed by atoms with E-state index < -0.39 is 0 Å². The lowest BCUT2D eigenvalue weighted by Gasteiger charge is -2.05. The van der Waals surface area contributed by atoms with Crippen LogP contribution in [0.25, 0.3) is 10.4 Å². The number of halogens is 2. The van der Waals surface area contributed by atoms with E-state index in [0.29, 0.717) is 0 Å². The second-order valence-electron chi connectivity index (χ2n) is 4.76. The molecule has 0 fully saturated rings. The minimum atomic E-state index is 0.0246. The van der Waals surface area contributed by atoms with E-state index in [1.54, 1.807) is 0 Å². The molecule has 0 N–H and O–H groups in total. The fourth-order valence-electron chi connectivity index (χ4n) is 1.73. The molecular formula is C15H14BrClOS. The molecule has 0 atom stereocenters. The normalized spacial score (nSPS) is 11.1. The van der Waals surface area contributed by atoms with Crippen LogP contribution in [0.1, 0.15) is 29.1 Å². The van der Waals surface area contributed by atoms with Crippen molar-refractivity contribution in [2.45, 2.75) is 20.8 Å². The summed E-state index contributed by atoms with van der Waals surface area (Å²) >= 11 is 11.2. The molecule has 0 aliphatic rings. The highest BCUT2D eigenvalue weighted by Gasteiger charge is 2.15. The van der Waals surface area contributed by atoms with Crippen LogP contribution >= 0.6 is 38.9 Å². The molecule has 0 aliphatic heterocycles. The predicted molar refractivity (Wildman–Crippen MR) is 86.4 cm³/mol. The second kappa shape index (κ2) is 5.78. The van der Waals surface area contributed by atoms with Gasteiger partial charge in [-0.2, -0.15) is 0 Å². The van der Waals surface area contributed by atoms with Crippen molar-refractivity contribution < 1.29 is 4.79 Å². The molecular weight excluding hydrogens is 344 g/mol. The van der Waals surface area contributed by atoms with Crippen molar-refractivity contribution in [3.8, 4) is 10.4 Å². The van der Waals surface area contributed by atoms with Crippen molar-refractivity contribution >= 4 is 44.7 Å². The van der Waals surface area contributed by atoms with E-state index in [-0.39, 0.29) is 11.7 Å². The maximum Gasteiger partial charge on any atom is 0.175 e. The van der Waals surface area contributed by atoms with Crippen LogP contribution in [0.4, 0.5) is 0 Å². The fourth-order valence-corrected chi connectivity index (χ4v) is 3.83. The van der Waals surface area contributed by atoms with E-state index in [9.17, 15) is 4.79 Å². The van der Waals surface area contributed by atoms with Crippen molar-refractivity contribution in [3.63, 3.8) is 0 Å². The maximum absolute atomic E-state index is 12.0. The van der Waals surface area contributed by atoms with Gasteiger partial charge in [0.15, 0.2) is 5.78 Å². The van der Waals surface area contributed by atoms with Gasteiger partial charge in [-0.25, -0.2) is 0 Å². The van der Waals surface area contributed by atoms with Crippen molar-refractivity contribution in [3.05, 3.63) is 44.2 Å². The Kier molecular flexibility index (Phi) is 4.49. The zero-order valence-electron chi connectivity index (χ0n) is 11.0. The zero-order valence-corrected chi connectivity index (χ0v) is 14.1. The topological polar surface area (TPSA) is 17.1 Å². The van der Waals surface area contributed by atoms with E-state index in [4.69, 9.17) is 11.6 Å². The smallest absolute Gasteiger partial charge is 0.175 e. The van der Waals surface area contributed by atoms with Gasteiger partial charge in [-0.05, 0) is 36.8 Å². The van der Waals surface area contributed by atoms with Crippen molar-refractivity contribution in [2.24, 2.45) is 5.92 Å². The molecule has 0 bridgehead atoms. The van der Waals surface area contributed by atoms with Gasteiger partial charge in [0.25, 0.3) is 0 Å². The number of hydrogen-bond donors (Lipinski definition) is 0. The van der Waals surface area contributed by atoms with Gasteiger partial charge >= 0.3 is 0 Å². The van der Waals surface area contributed by atoms with Gasteiger partial charge in [0.05, 0.1) is 4.88 Å². The number of aryl methyl sites for hydroxylation is 1. The zero-order chi connectivity index (χ0) is 14.2. The lowest BCUT2D eigenvalue weighted by Crippen LogP contribution is -2.04. The van der Waals surface area contributed by atoms with Crippen LogP contribution in [0.5, 0.6) is 0 Å². The first-order valence-electron chi connectivity index (χ1n) is 6.00. The van der Waals surface area contributed by atoms with Gasteiger partial charge in [0.1, 0.15) is 0 Å². The third kappa shape index (κ3) is 3.10. The minimum absolute atomic E-state index is 0.0246. The number of benzene rings is 1. The molecule has 4 heteroatoms. The van der Waals surface area contributed by atoms with E-state index >= 15 is 0 Å². The van der Waals surface area contributed by atoms with Gasteiger partial charge in [0, 0.05) is 25.9 Å². The number of hydrogen-bond acceptors (Lipinski definition) is 2. The van der Waals surface area contributed by atoms with Crippen LogP contribution in [0.2, 0.25) is 5.02 Å². The SMILES string of the molecule is Cc1cc(Br)c(-c2ccc(C(=O)C(C)C)s2)cc1Cl. The molecule has 0 unspecified atom stereocenters. The highest BCUT2D eigenvalue weighted by atomic mass is 79.9. The lowest BCUT2D eigenvalue weighted by atomic mass is 10.1. The Morgan fingerprint density at radius 1 is 1.32 bits per heavy atom. The van der Waals surface area contributed by atoms with Crippen LogP contribution in [0, 0.1) is 12.8 Å². The molecule has 0 spiro atoms. The molecule has 0 amide bonds. The van der Waals surface area contributed by atoms with Gasteiger partial charge < -0.3 is 0 Å². The minimum Gasteiger partial charge on any atom is -0.293 e. The molecule has 0 saturated heterocycles. The first kappa shape index (κ1) is 14.8. The van der Waals surface area contributed by atoms with Gasteiger partial charge in [-0.1, -0.05) is 41.4 Å². The number of ketones is 1. The van der Waals surface area contributed by atoms with Gasteiger partial charge in [-0.3, -0.25) is 4.79 Å². The van der Waals surface area contributed by atoms with Crippen molar-refractivity contribution in [2.75, 3.05) is 0 Å². The van der Waals surface area contributed by atoms with Crippen LogP contribution in [-0.2, 0) is 0 Å². The van der Waals surface area contributed by atoms with Crippen LogP contribution < -0.4 is 0 Å². The summed E-state index contributed by atoms with van der Waals surface area (Å²) in [4.78, 5) is 13.8. The molecule has 1 aromatic heterocycles. The average Bonchev–Trinajstić information content (AvgIpc) is 2.81. The third-order valence-corrected chi connectivity index (χ3v) is 5.08. The molecule has 0 radical (unpaired) electrons. The van der Waals surface area contributed by atoms with Crippen molar-refractivity contribution in [1.29, 1.82) is 0 Å². The molecule has 100 valence electrons. The molecule has 2 aromatic rings. The number of carbonyl (C=O) groups is 1. The van der Waals surface area contributed by atoms with Crippen LogP contribution in [-0.4, -0.2) is 5.78 Å². The largest absolute Gasteiger partial charge is 0.293 e. The molecule has 1 heterocycles. The van der Waals surface area contributed by atoms with Crippen LogP contribution in [0.3, 0.4) is 0 Å². The molecule has 19 heavy (non-hydrogen) atoms. The van der Waals surface area contributed by atoms with Gasteiger partial charge in [-0.15, -0.1) is 11.3 Å².